The maximum absolute atomic E-state index is 13.0. The van der Waals surface area contributed by atoms with Gasteiger partial charge in [0.15, 0.2) is 23.0 Å². The number of aromatic hydroxyl groups is 1. The summed E-state index contributed by atoms with van der Waals surface area (Å²) in [5.41, 5.74) is 4.62. The number of benzene rings is 2. The Morgan fingerprint density at radius 1 is 1.19 bits per heavy atom. The lowest BCUT2D eigenvalue weighted by Crippen LogP contribution is -2.69. The van der Waals surface area contributed by atoms with Crippen LogP contribution in [0.15, 0.2) is 6.07 Å². The number of thioether (sulfide) groups is 1. The van der Waals surface area contributed by atoms with Crippen molar-refractivity contribution in [3.63, 3.8) is 0 Å². The average molecular weight is 608 g/mol. The van der Waals surface area contributed by atoms with Crippen LogP contribution in [-0.4, -0.2) is 66.3 Å². The van der Waals surface area contributed by atoms with E-state index in [1.165, 1.54) is 14.0 Å². The zero-order valence-electron chi connectivity index (χ0n) is 24.6. The number of methoxy groups -OCH3 is 1. The molecular formula is C31H33N3O8S. The monoisotopic (exact) mass is 607 g/mol. The topological polar surface area (TPSA) is 140 Å². The Kier molecular flexibility index (Phi) is 6.68. The molecule has 5 aliphatic heterocycles. The second kappa shape index (κ2) is 10.2. The Labute approximate surface area is 253 Å². The third-order valence-electron chi connectivity index (χ3n) is 9.35. The summed E-state index contributed by atoms with van der Waals surface area (Å²) in [5.74, 6) is 1.12. The van der Waals surface area contributed by atoms with E-state index in [9.17, 15) is 20.0 Å². The van der Waals surface area contributed by atoms with Gasteiger partial charge < -0.3 is 34.1 Å². The summed E-state index contributed by atoms with van der Waals surface area (Å²) >= 11 is 1.55. The summed E-state index contributed by atoms with van der Waals surface area (Å²) in [4.78, 5) is 27.7. The number of piperazine rings is 1. The molecule has 0 aliphatic carbocycles. The molecular weight excluding hydrogens is 574 g/mol. The number of phenolic OH excluding ortho intramolecular Hbond substituents is 1. The fourth-order valence-electron chi connectivity index (χ4n) is 7.66. The number of hydrogen-bond donors (Lipinski definition) is 2. The number of fused-ring (bicyclic) bond motifs is 9. The summed E-state index contributed by atoms with van der Waals surface area (Å²) in [5, 5.41) is 25.6. The predicted molar refractivity (Wildman–Crippen MR) is 154 cm³/mol. The number of hydrogen-bond acceptors (Lipinski definition) is 12. The van der Waals surface area contributed by atoms with Crippen molar-refractivity contribution in [3.05, 3.63) is 39.4 Å². The summed E-state index contributed by atoms with van der Waals surface area (Å²) in [6.07, 6.45) is 0.518. The first-order valence-electron chi connectivity index (χ1n) is 14.4. The maximum Gasteiger partial charge on any atom is 0.309 e. The van der Waals surface area contributed by atoms with E-state index in [-0.39, 0.29) is 37.1 Å². The molecule has 11 nitrogen and oxygen atoms in total. The molecule has 3 unspecified atom stereocenters. The van der Waals surface area contributed by atoms with Crippen LogP contribution in [-0.2, 0) is 20.7 Å². The van der Waals surface area contributed by atoms with Crippen molar-refractivity contribution in [2.45, 2.75) is 69.6 Å². The van der Waals surface area contributed by atoms with E-state index >= 15 is 0 Å². The van der Waals surface area contributed by atoms with Gasteiger partial charge in [-0.15, -0.1) is 0 Å². The lowest BCUT2D eigenvalue weighted by atomic mass is 9.72. The Bertz CT molecular complexity index is 1600. The number of esters is 2. The fraction of sp³-hybridized carbons (Fsp3) is 0.516. The number of nitrogens with zero attached hydrogens (tertiary/aromatic N) is 2. The van der Waals surface area contributed by atoms with Crippen molar-refractivity contribution < 1.29 is 38.4 Å². The van der Waals surface area contributed by atoms with E-state index in [0.717, 1.165) is 22.3 Å². The van der Waals surface area contributed by atoms with Crippen LogP contribution in [0.5, 0.6) is 28.7 Å². The highest BCUT2D eigenvalue weighted by molar-refractivity contribution is 7.99. The molecule has 2 aromatic carbocycles. The molecule has 12 heteroatoms. The van der Waals surface area contributed by atoms with Crippen molar-refractivity contribution in [1.29, 1.82) is 5.26 Å². The first-order chi connectivity index (χ1) is 20.7. The molecule has 226 valence electrons. The van der Waals surface area contributed by atoms with E-state index < -0.39 is 35.4 Å². The first kappa shape index (κ1) is 28.1. The van der Waals surface area contributed by atoms with Crippen molar-refractivity contribution in [2.75, 3.05) is 26.3 Å². The Morgan fingerprint density at radius 2 is 1.95 bits per heavy atom. The molecule has 2 aromatic rings. The second-order valence-electron chi connectivity index (χ2n) is 11.9. The van der Waals surface area contributed by atoms with Crippen LogP contribution in [0.1, 0.15) is 64.6 Å². The standard InChI is InChI=1S/C31H33N3O8S/c1-12-6-16-7-17-18(8-32)34-19-9-39-31(37)13(2)10-43-30(24(34)23(33-17)20(16)25(36)26(12)38-5)22-21(19)29-28(40-11-41-29)14(3)27(22)42-15(4)35/h6,13,17-19,23-24,30,33,36H,7,9-11H2,1-5H3/t13?,17-,18+,19?,23-,24?,30-/m1/s1. The third kappa shape index (κ3) is 4.01. The maximum atomic E-state index is 13.0. The molecule has 2 saturated heterocycles. The van der Waals surface area contributed by atoms with Crippen LogP contribution >= 0.6 is 11.8 Å². The number of phenols is 1. The minimum atomic E-state index is -0.607. The zero-order valence-corrected chi connectivity index (χ0v) is 25.4. The van der Waals surface area contributed by atoms with E-state index in [2.05, 4.69) is 16.3 Å². The molecule has 5 aliphatic rings. The highest BCUT2D eigenvalue weighted by Gasteiger charge is 2.58. The Hall–Kier alpha value is -3.66. The molecule has 43 heavy (non-hydrogen) atoms. The van der Waals surface area contributed by atoms with Crippen LogP contribution in [0, 0.1) is 31.1 Å². The molecule has 5 heterocycles. The largest absolute Gasteiger partial charge is 0.504 e. The van der Waals surface area contributed by atoms with E-state index in [1.807, 2.05) is 26.8 Å². The highest BCUT2D eigenvalue weighted by atomic mass is 32.2. The molecule has 2 fully saturated rings. The van der Waals surface area contributed by atoms with Gasteiger partial charge in [-0.3, -0.25) is 14.5 Å². The molecule has 0 amide bonds. The minimum Gasteiger partial charge on any atom is -0.504 e. The van der Waals surface area contributed by atoms with E-state index in [0.29, 0.717) is 46.3 Å². The lowest BCUT2D eigenvalue weighted by Gasteiger charge is -2.59. The summed E-state index contributed by atoms with van der Waals surface area (Å²) in [6.45, 7) is 6.90. The van der Waals surface area contributed by atoms with Crippen LogP contribution in [0.25, 0.3) is 0 Å². The van der Waals surface area contributed by atoms with E-state index in [1.54, 1.807) is 11.8 Å². The summed E-state index contributed by atoms with van der Waals surface area (Å²) < 4.78 is 29.5. The van der Waals surface area contributed by atoms with Crippen molar-refractivity contribution in [2.24, 2.45) is 5.92 Å². The van der Waals surface area contributed by atoms with Crippen molar-refractivity contribution in [3.8, 4) is 34.8 Å². The predicted octanol–water partition coefficient (Wildman–Crippen LogP) is 3.53. The molecule has 7 rings (SSSR count). The Morgan fingerprint density at radius 3 is 2.67 bits per heavy atom. The van der Waals surface area contributed by atoms with Gasteiger partial charge in [0.2, 0.25) is 6.79 Å². The molecule has 0 spiro atoms. The van der Waals surface area contributed by atoms with E-state index in [4.69, 9.17) is 23.7 Å². The third-order valence-corrected chi connectivity index (χ3v) is 10.9. The van der Waals surface area contributed by atoms with Gasteiger partial charge in [0, 0.05) is 47.0 Å². The van der Waals surface area contributed by atoms with Crippen molar-refractivity contribution in [1.82, 2.24) is 10.2 Å². The number of nitrogens with one attached hydrogen (secondary N) is 1. The van der Waals surface area contributed by atoms with Gasteiger partial charge in [-0.05, 0) is 31.4 Å². The van der Waals surface area contributed by atoms with Crippen LogP contribution < -0.4 is 24.3 Å². The normalized spacial score (nSPS) is 30.3. The number of carbonyl (C=O) groups is 2. The molecule has 0 aromatic heterocycles. The van der Waals surface area contributed by atoms with Gasteiger partial charge in [0.05, 0.1) is 36.4 Å². The molecule has 0 saturated carbocycles. The van der Waals surface area contributed by atoms with Crippen LogP contribution in [0.2, 0.25) is 0 Å². The zero-order chi connectivity index (χ0) is 30.3. The first-order valence-corrected chi connectivity index (χ1v) is 15.5. The van der Waals surface area contributed by atoms with Gasteiger partial charge in [0.25, 0.3) is 0 Å². The van der Waals surface area contributed by atoms with Gasteiger partial charge in [-0.1, -0.05) is 13.0 Å². The van der Waals surface area contributed by atoms with Crippen molar-refractivity contribution >= 4 is 23.7 Å². The lowest BCUT2D eigenvalue weighted by molar-refractivity contribution is -0.151. The number of ether oxygens (including phenoxy) is 5. The summed E-state index contributed by atoms with van der Waals surface area (Å²) in [7, 11) is 1.54. The highest BCUT2D eigenvalue weighted by Crippen LogP contribution is 2.62. The molecule has 4 bridgehead atoms. The van der Waals surface area contributed by atoms with Gasteiger partial charge in [-0.25, -0.2) is 0 Å². The van der Waals surface area contributed by atoms with Gasteiger partial charge in [0.1, 0.15) is 18.4 Å². The summed E-state index contributed by atoms with van der Waals surface area (Å²) in [6, 6.07) is 2.30. The number of cyclic esters (lactones) is 1. The van der Waals surface area contributed by atoms with Gasteiger partial charge >= 0.3 is 11.9 Å². The molecule has 2 N–H and O–H groups in total. The number of nitriles is 1. The van der Waals surface area contributed by atoms with Crippen LogP contribution in [0.4, 0.5) is 0 Å². The fourth-order valence-corrected chi connectivity index (χ4v) is 9.19. The molecule has 7 atom stereocenters. The number of aryl methyl sites for hydroxylation is 1. The Balaban J connectivity index is 1.54. The SMILES string of the molecule is COc1c(C)cc2c(c1O)[C@H]1N[C@H](C2)[C@H](C#N)N2C3COC(=O)C(C)CS[C@H](c4c(OC(C)=O)c(C)c5c(c43)OCO5)C12. The van der Waals surface area contributed by atoms with Crippen LogP contribution in [0.3, 0.4) is 0 Å². The quantitative estimate of drug-likeness (QED) is 0.381. The second-order valence-corrected chi connectivity index (χ2v) is 13.0. The number of rotatable bonds is 2. The smallest absolute Gasteiger partial charge is 0.309 e. The molecule has 0 radical (unpaired) electrons. The average Bonchev–Trinajstić information content (AvgIpc) is 3.46. The number of carbonyl (C=O) groups excluding carboxylic acids is 2. The minimum absolute atomic E-state index is 0.00814. The van der Waals surface area contributed by atoms with Gasteiger partial charge in [-0.2, -0.15) is 17.0 Å².